The van der Waals surface area contributed by atoms with Crippen LogP contribution >= 0.6 is 0 Å². The van der Waals surface area contributed by atoms with Gasteiger partial charge in [-0.3, -0.25) is 0 Å². The third-order valence-electron chi connectivity index (χ3n) is 3.84. The van der Waals surface area contributed by atoms with Crippen molar-refractivity contribution < 1.29 is 9.84 Å². The number of hydrogen-bond acceptors (Lipinski definition) is 3. The summed E-state index contributed by atoms with van der Waals surface area (Å²) in [7, 11) is 0. The second kappa shape index (κ2) is 7.28. The van der Waals surface area contributed by atoms with Crippen LogP contribution in [-0.2, 0) is 11.3 Å². The van der Waals surface area contributed by atoms with Gasteiger partial charge >= 0.3 is 0 Å². The van der Waals surface area contributed by atoms with Gasteiger partial charge in [-0.05, 0) is 24.3 Å². The van der Waals surface area contributed by atoms with Crippen molar-refractivity contribution in [2.45, 2.75) is 50.9 Å². The molecule has 1 aromatic carbocycles. The Labute approximate surface area is 114 Å². The van der Waals surface area contributed by atoms with Gasteiger partial charge in [-0.2, -0.15) is 5.26 Å². The Morgan fingerprint density at radius 1 is 1.21 bits per heavy atom. The molecule has 0 spiro atoms. The van der Waals surface area contributed by atoms with E-state index in [-0.39, 0.29) is 6.10 Å². The summed E-state index contributed by atoms with van der Waals surface area (Å²) in [6.07, 6.45) is 4.33. The number of ether oxygens (including phenoxy) is 1. The number of nitrogens with zero attached hydrogens (tertiary/aromatic N) is 1. The number of aliphatic hydroxyl groups excluding tert-OH is 1. The maximum atomic E-state index is 9.86. The van der Waals surface area contributed by atoms with Gasteiger partial charge in [0.25, 0.3) is 0 Å². The largest absolute Gasteiger partial charge is 0.375 e. The van der Waals surface area contributed by atoms with E-state index in [1.165, 1.54) is 19.3 Å². The SMILES string of the molecule is N#C[C@H](O)[C@@H](OCc1ccccc1)C1CCCCC1. The topological polar surface area (TPSA) is 53.2 Å². The lowest BCUT2D eigenvalue weighted by Crippen LogP contribution is -2.36. The van der Waals surface area contributed by atoms with Crippen molar-refractivity contribution in [2.75, 3.05) is 0 Å². The lowest BCUT2D eigenvalue weighted by molar-refractivity contribution is -0.0648. The summed E-state index contributed by atoms with van der Waals surface area (Å²) in [4.78, 5) is 0. The molecule has 0 aliphatic heterocycles. The normalized spacial score (nSPS) is 19.6. The first-order valence-electron chi connectivity index (χ1n) is 7.04. The van der Waals surface area contributed by atoms with Gasteiger partial charge in [0.15, 0.2) is 6.10 Å². The molecule has 0 saturated heterocycles. The minimum atomic E-state index is -1.02. The highest BCUT2D eigenvalue weighted by molar-refractivity contribution is 5.13. The lowest BCUT2D eigenvalue weighted by Gasteiger charge is -2.31. The monoisotopic (exact) mass is 259 g/mol. The van der Waals surface area contributed by atoms with E-state index in [1.54, 1.807) is 0 Å². The number of aliphatic hydroxyl groups is 1. The summed E-state index contributed by atoms with van der Waals surface area (Å²) in [6, 6.07) is 11.8. The molecule has 3 heteroatoms. The van der Waals surface area contributed by atoms with Crippen molar-refractivity contribution in [3.8, 4) is 6.07 Å². The fraction of sp³-hybridized carbons (Fsp3) is 0.562. The van der Waals surface area contributed by atoms with Crippen LogP contribution in [0.2, 0.25) is 0 Å². The molecule has 19 heavy (non-hydrogen) atoms. The average Bonchev–Trinajstić information content (AvgIpc) is 2.49. The third kappa shape index (κ3) is 4.05. The van der Waals surface area contributed by atoms with Gasteiger partial charge in [-0.1, -0.05) is 49.6 Å². The number of rotatable bonds is 5. The Morgan fingerprint density at radius 3 is 2.53 bits per heavy atom. The summed E-state index contributed by atoms with van der Waals surface area (Å²) in [5.74, 6) is 0.312. The van der Waals surface area contributed by atoms with Gasteiger partial charge in [0.05, 0.1) is 12.7 Å². The molecule has 1 aromatic rings. The van der Waals surface area contributed by atoms with Crippen LogP contribution in [0.4, 0.5) is 0 Å². The Hall–Kier alpha value is -1.37. The van der Waals surface area contributed by atoms with Gasteiger partial charge in [-0.15, -0.1) is 0 Å². The standard InChI is InChI=1S/C16H21NO2/c17-11-15(18)16(14-9-5-2-6-10-14)19-12-13-7-3-1-4-8-13/h1,3-4,7-8,14-16,18H,2,5-6,9-10,12H2/t15-,16-/m0/s1. The van der Waals surface area contributed by atoms with E-state index in [9.17, 15) is 5.11 Å². The van der Waals surface area contributed by atoms with E-state index in [0.717, 1.165) is 18.4 Å². The first-order chi connectivity index (χ1) is 9.31. The molecule has 102 valence electrons. The van der Waals surface area contributed by atoms with E-state index in [4.69, 9.17) is 10.00 Å². The third-order valence-corrected chi connectivity index (χ3v) is 3.84. The second-order valence-corrected chi connectivity index (χ2v) is 5.23. The molecule has 1 aliphatic rings. The maximum Gasteiger partial charge on any atom is 0.166 e. The molecule has 0 amide bonds. The Kier molecular flexibility index (Phi) is 5.38. The van der Waals surface area contributed by atoms with E-state index in [0.29, 0.717) is 12.5 Å². The highest BCUT2D eigenvalue weighted by atomic mass is 16.5. The molecule has 0 unspecified atom stereocenters. The fourth-order valence-corrected chi connectivity index (χ4v) is 2.79. The van der Waals surface area contributed by atoms with Crippen molar-refractivity contribution in [3.05, 3.63) is 35.9 Å². The quantitative estimate of drug-likeness (QED) is 0.827. The molecule has 1 fully saturated rings. The minimum absolute atomic E-state index is 0.312. The molecule has 2 rings (SSSR count). The Morgan fingerprint density at radius 2 is 1.89 bits per heavy atom. The molecule has 0 radical (unpaired) electrons. The number of hydrogen-bond donors (Lipinski definition) is 1. The summed E-state index contributed by atoms with van der Waals surface area (Å²) in [6.45, 7) is 0.459. The molecule has 1 N–H and O–H groups in total. The Balaban J connectivity index is 1.96. The molecule has 1 aliphatic carbocycles. The van der Waals surface area contributed by atoms with Crippen LogP contribution in [0.15, 0.2) is 30.3 Å². The summed E-state index contributed by atoms with van der Waals surface area (Å²) >= 11 is 0. The van der Waals surface area contributed by atoms with Gasteiger partial charge in [0.2, 0.25) is 0 Å². The highest BCUT2D eigenvalue weighted by Crippen LogP contribution is 2.30. The molecule has 0 bridgehead atoms. The van der Waals surface area contributed by atoms with Crippen molar-refractivity contribution >= 4 is 0 Å². The second-order valence-electron chi connectivity index (χ2n) is 5.23. The van der Waals surface area contributed by atoms with Crippen molar-refractivity contribution in [2.24, 2.45) is 5.92 Å². The van der Waals surface area contributed by atoms with Gasteiger partial charge in [0, 0.05) is 0 Å². The average molecular weight is 259 g/mol. The van der Waals surface area contributed by atoms with Crippen LogP contribution in [0.3, 0.4) is 0 Å². The van der Waals surface area contributed by atoms with Crippen LogP contribution in [0.25, 0.3) is 0 Å². The Bertz CT molecular complexity index is 407. The number of benzene rings is 1. The predicted molar refractivity (Wildman–Crippen MR) is 73.2 cm³/mol. The van der Waals surface area contributed by atoms with Crippen LogP contribution < -0.4 is 0 Å². The molecule has 1 saturated carbocycles. The molecule has 2 atom stereocenters. The zero-order valence-electron chi connectivity index (χ0n) is 11.2. The van der Waals surface area contributed by atoms with Crippen LogP contribution in [-0.4, -0.2) is 17.3 Å². The molecular weight excluding hydrogens is 238 g/mol. The number of nitriles is 1. The minimum Gasteiger partial charge on any atom is -0.375 e. The fourth-order valence-electron chi connectivity index (χ4n) is 2.79. The molecule has 0 aromatic heterocycles. The van der Waals surface area contributed by atoms with Crippen molar-refractivity contribution in [3.63, 3.8) is 0 Å². The lowest BCUT2D eigenvalue weighted by atomic mass is 9.83. The van der Waals surface area contributed by atoms with E-state index < -0.39 is 6.10 Å². The highest BCUT2D eigenvalue weighted by Gasteiger charge is 2.30. The van der Waals surface area contributed by atoms with Crippen LogP contribution in [0, 0.1) is 17.2 Å². The predicted octanol–water partition coefficient (Wildman–Crippen LogP) is 3.04. The van der Waals surface area contributed by atoms with E-state index >= 15 is 0 Å². The zero-order valence-corrected chi connectivity index (χ0v) is 11.2. The smallest absolute Gasteiger partial charge is 0.166 e. The zero-order chi connectivity index (χ0) is 13.5. The first-order valence-corrected chi connectivity index (χ1v) is 7.04. The van der Waals surface area contributed by atoms with Crippen LogP contribution in [0.5, 0.6) is 0 Å². The summed E-state index contributed by atoms with van der Waals surface area (Å²) in [5, 5.41) is 18.8. The maximum absolute atomic E-state index is 9.86. The van der Waals surface area contributed by atoms with E-state index in [2.05, 4.69) is 0 Å². The first kappa shape index (κ1) is 14.0. The van der Waals surface area contributed by atoms with E-state index in [1.807, 2.05) is 36.4 Å². The summed E-state index contributed by atoms with van der Waals surface area (Å²) < 4.78 is 5.85. The molecule has 0 heterocycles. The van der Waals surface area contributed by atoms with Crippen LogP contribution in [0.1, 0.15) is 37.7 Å². The van der Waals surface area contributed by atoms with Crippen molar-refractivity contribution in [1.29, 1.82) is 5.26 Å². The summed E-state index contributed by atoms with van der Waals surface area (Å²) in [5.41, 5.74) is 1.08. The van der Waals surface area contributed by atoms with Gasteiger partial charge in [-0.25, -0.2) is 0 Å². The van der Waals surface area contributed by atoms with Gasteiger partial charge in [0.1, 0.15) is 6.10 Å². The van der Waals surface area contributed by atoms with Gasteiger partial charge < -0.3 is 9.84 Å². The molecular formula is C16H21NO2. The van der Waals surface area contributed by atoms with Crippen molar-refractivity contribution in [1.82, 2.24) is 0 Å². The molecule has 3 nitrogen and oxygen atoms in total.